The van der Waals surface area contributed by atoms with Gasteiger partial charge in [0, 0.05) is 39.5 Å². The van der Waals surface area contributed by atoms with E-state index in [0.717, 1.165) is 38.5 Å². The van der Waals surface area contributed by atoms with Gasteiger partial charge < -0.3 is 10.5 Å². The predicted octanol–water partition coefficient (Wildman–Crippen LogP) is 0.341. The molecule has 0 saturated heterocycles. The normalized spacial score (nSPS) is 11.7. The van der Waals surface area contributed by atoms with Crippen LogP contribution in [0.3, 0.4) is 0 Å². The van der Waals surface area contributed by atoms with Gasteiger partial charge in [-0.1, -0.05) is 19.1 Å². The minimum Gasteiger partial charge on any atom is -0.383 e. The summed E-state index contributed by atoms with van der Waals surface area (Å²) < 4.78 is 6.98. The molecular formula is C12H25N5O. The molecule has 1 aromatic heterocycles. The molecule has 0 spiro atoms. The largest absolute Gasteiger partial charge is 0.383 e. The second kappa shape index (κ2) is 8.18. The quantitative estimate of drug-likeness (QED) is 0.689. The molecule has 0 unspecified atom stereocenters. The first kappa shape index (κ1) is 15.1. The highest BCUT2D eigenvalue weighted by Gasteiger charge is 2.08. The highest BCUT2D eigenvalue weighted by atomic mass is 16.5. The molecular weight excluding hydrogens is 230 g/mol. The zero-order valence-corrected chi connectivity index (χ0v) is 11.7. The van der Waals surface area contributed by atoms with E-state index in [1.807, 2.05) is 10.9 Å². The van der Waals surface area contributed by atoms with Gasteiger partial charge in [0.15, 0.2) is 0 Å². The Kier molecular flexibility index (Phi) is 6.85. The number of rotatable bonds is 9. The van der Waals surface area contributed by atoms with Crippen LogP contribution in [0.25, 0.3) is 0 Å². The van der Waals surface area contributed by atoms with Crippen molar-refractivity contribution in [1.82, 2.24) is 19.9 Å². The molecule has 0 aliphatic heterocycles. The van der Waals surface area contributed by atoms with Crippen LogP contribution < -0.4 is 5.73 Å². The van der Waals surface area contributed by atoms with Gasteiger partial charge in [-0.3, -0.25) is 9.58 Å². The minimum atomic E-state index is 0.444. The molecule has 0 aliphatic carbocycles. The third kappa shape index (κ3) is 5.57. The summed E-state index contributed by atoms with van der Waals surface area (Å²) in [5, 5.41) is 8.03. The molecule has 104 valence electrons. The Labute approximate surface area is 109 Å². The molecule has 0 saturated carbocycles. The van der Waals surface area contributed by atoms with E-state index in [1.54, 1.807) is 7.11 Å². The average Bonchev–Trinajstić information content (AvgIpc) is 2.80. The molecule has 1 heterocycles. The molecule has 0 fully saturated rings. The third-order valence-corrected chi connectivity index (χ3v) is 2.68. The van der Waals surface area contributed by atoms with Gasteiger partial charge in [-0.15, -0.1) is 5.10 Å². The number of nitrogens with two attached hydrogens (primary N) is 1. The van der Waals surface area contributed by atoms with E-state index in [2.05, 4.69) is 29.1 Å². The summed E-state index contributed by atoms with van der Waals surface area (Å²) >= 11 is 0. The predicted molar refractivity (Wildman–Crippen MR) is 71.1 cm³/mol. The number of ether oxygens (including phenoxy) is 1. The van der Waals surface area contributed by atoms with Gasteiger partial charge in [0.2, 0.25) is 0 Å². The van der Waals surface area contributed by atoms with E-state index in [0.29, 0.717) is 12.5 Å². The van der Waals surface area contributed by atoms with Gasteiger partial charge in [0.1, 0.15) is 0 Å². The van der Waals surface area contributed by atoms with E-state index in [-0.39, 0.29) is 0 Å². The topological polar surface area (TPSA) is 69.2 Å². The van der Waals surface area contributed by atoms with Crippen LogP contribution in [0.5, 0.6) is 0 Å². The lowest BCUT2D eigenvalue weighted by Gasteiger charge is -2.23. The van der Waals surface area contributed by atoms with Crippen molar-refractivity contribution in [2.75, 3.05) is 33.4 Å². The van der Waals surface area contributed by atoms with Gasteiger partial charge in [0.25, 0.3) is 0 Å². The SMILES string of the molecule is COCCN(CCn1cc(CN)nn1)CC(C)C. The summed E-state index contributed by atoms with van der Waals surface area (Å²) in [6.07, 6.45) is 1.91. The molecule has 0 atom stereocenters. The molecule has 18 heavy (non-hydrogen) atoms. The summed E-state index contributed by atoms with van der Waals surface area (Å²) in [5.41, 5.74) is 6.34. The molecule has 0 aliphatic rings. The molecule has 6 nitrogen and oxygen atoms in total. The lowest BCUT2D eigenvalue weighted by Crippen LogP contribution is -2.34. The van der Waals surface area contributed by atoms with Crippen LogP contribution in [0.1, 0.15) is 19.5 Å². The smallest absolute Gasteiger partial charge is 0.0962 e. The van der Waals surface area contributed by atoms with Crippen LogP contribution in [-0.2, 0) is 17.8 Å². The molecule has 0 bridgehead atoms. The Morgan fingerprint density at radius 2 is 2.22 bits per heavy atom. The number of hydrogen-bond acceptors (Lipinski definition) is 5. The van der Waals surface area contributed by atoms with E-state index in [4.69, 9.17) is 10.5 Å². The van der Waals surface area contributed by atoms with Crippen LogP contribution in [0, 0.1) is 5.92 Å². The van der Waals surface area contributed by atoms with Crippen molar-refractivity contribution in [3.8, 4) is 0 Å². The lowest BCUT2D eigenvalue weighted by atomic mass is 10.2. The van der Waals surface area contributed by atoms with Crippen LogP contribution in [0.4, 0.5) is 0 Å². The second-order valence-corrected chi connectivity index (χ2v) is 4.86. The Morgan fingerprint density at radius 1 is 1.44 bits per heavy atom. The minimum absolute atomic E-state index is 0.444. The molecule has 1 rings (SSSR count). The number of methoxy groups -OCH3 is 1. The van der Waals surface area contributed by atoms with Crippen molar-refractivity contribution < 1.29 is 4.74 Å². The Bertz CT molecular complexity index is 326. The Morgan fingerprint density at radius 3 is 2.78 bits per heavy atom. The fourth-order valence-corrected chi connectivity index (χ4v) is 1.82. The molecule has 1 aromatic rings. The lowest BCUT2D eigenvalue weighted by molar-refractivity contribution is 0.136. The van der Waals surface area contributed by atoms with Gasteiger partial charge >= 0.3 is 0 Å². The van der Waals surface area contributed by atoms with Gasteiger partial charge in [-0.25, -0.2) is 0 Å². The van der Waals surface area contributed by atoms with Gasteiger partial charge in [0.05, 0.1) is 18.8 Å². The summed E-state index contributed by atoms with van der Waals surface area (Å²) in [4.78, 5) is 2.39. The number of aromatic nitrogens is 3. The van der Waals surface area contributed by atoms with Crippen molar-refractivity contribution in [3.63, 3.8) is 0 Å². The van der Waals surface area contributed by atoms with Crippen LogP contribution >= 0.6 is 0 Å². The molecule has 6 heteroatoms. The van der Waals surface area contributed by atoms with Crippen LogP contribution in [0.15, 0.2) is 6.20 Å². The summed E-state index contributed by atoms with van der Waals surface area (Å²) in [6.45, 7) is 9.47. The third-order valence-electron chi connectivity index (χ3n) is 2.68. The van der Waals surface area contributed by atoms with Crippen molar-refractivity contribution in [1.29, 1.82) is 0 Å². The fourth-order valence-electron chi connectivity index (χ4n) is 1.82. The Balaban J connectivity index is 2.39. The molecule has 0 aromatic carbocycles. The van der Waals surface area contributed by atoms with E-state index in [9.17, 15) is 0 Å². The average molecular weight is 255 g/mol. The standard InChI is InChI=1S/C12H25N5O/c1-11(2)9-16(6-7-18-3)4-5-17-10-12(8-13)14-15-17/h10-11H,4-9,13H2,1-3H3. The zero-order valence-electron chi connectivity index (χ0n) is 11.7. The highest BCUT2D eigenvalue weighted by Crippen LogP contribution is 2.00. The zero-order chi connectivity index (χ0) is 13.4. The van der Waals surface area contributed by atoms with Gasteiger partial charge in [-0.2, -0.15) is 0 Å². The highest BCUT2D eigenvalue weighted by molar-refractivity contribution is 4.90. The van der Waals surface area contributed by atoms with Gasteiger partial charge in [-0.05, 0) is 5.92 Å². The van der Waals surface area contributed by atoms with Crippen LogP contribution in [0.2, 0.25) is 0 Å². The maximum Gasteiger partial charge on any atom is 0.0962 e. The van der Waals surface area contributed by atoms with E-state index < -0.39 is 0 Å². The number of nitrogens with zero attached hydrogens (tertiary/aromatic N) is 4. The first-order valence-electron chi connectivity index (χ1n) is 6.46. The second-order valence-electron chi connectivity index (χ2n) is 4.86. The van der Waals surface area contributed by atoms with Crippen molar-refractivity contribution in [2.45, 2.75) is 26.9 Å². The maximum absolute atomic E-state index is 5.51. The number of hydrogen-bond donors (Lipinski definition) is 1. The maximum atomic E-state index is 5.51. The monoisotopic (exact) mass is 255 g/mol. The Hall–Kier alpha value is -0.980. The molecule has 2 N–H and O–H groups in total. The fraction of sp³-hybridized carbons (Fsp3) is 0.833. The van der Waals surface area contributed by atoms with E-state index in [1.165, 1.54) is 0 Å². The summed E-state index contributed by atoms with van der Waals surface area (Å²) in [5.74, 6) is 0.650. The van der Waals surface area contributed by atoms with E-state index >= 15 is 0 Å². The molecule has 0 radical (unpaired) electrons. The van der Waals surface area contributed by atoms with Crippen molar-refractivity contribution in [3.05, 3.63) is 11.9 Å². The van der Waals surface area contributed by atoms with Crippen molar-refractivity contribution >= 4 is 0 Å². The first-order chi connectivity index (χ1) is 8.65. The molecule has 0 amide bonds. The first-order valence-corrected chi connectivity index (χ1v) is 6.46. The summed E-state index contributed by atoms with van der Waals surface area (Å²) in [6, 6.07) is 0. The van der Waals surface area contributed by atoms with Crippen molar-refractivity contribution in [2.24, 2.45) is 11.7 Å². The van der Waals surface area contributed by atoms with Crippen LogP contribution in [-0.4, -0.2) is 53.2 Å². The summed E-state index contributed by atoms with van der Waals surface area (Å²) in [7, 11) is 1.73.